The highest BCUT2D eigenvalue weighted by atomic mass is 32.2. The minimum Gasteiger partial charge on any atom is -0.295 e. The van der Waals surface area contributed by atoms with Crippen molar-refractivity contribution in [1.29, 1.82) is 0 Å². The summed E-state index contributed by atoms with van der Waals surface area (Å²) in [6.45, 7) is 1.35. The quantitative estimate of drug-likeness (QED) is 0.770. The lowest BCUT2D eigenvalue weighted by Crippen LogP contribution is -2.22. The van der Waals surface area contributed by atoms with Gasteiger partial charge in [-0.3, -0.25) is 9.52 Å². The van der Waals surface area contributed by atoms with Gasteiger partial charge in [0.05, 0.1) is 9.79 Å². The predicted molar refractivity (Wildman–Crippen MR) is 94.6 cm³/mol. The topological polar surface area (TPSA) is 101 Å². The number of rotatable bonds is 6. The van der Waals surface area contributed by atoms with Gasteiger partial charge < -0.3 is 0 Å². The van der Waals surface area contributed by atoms with E-state index in [0.29, 0.717) is 0 Å². The van der Waals surface area contributed by atoms with Crippen LogP contribution in [0.2, 0.25) is 0 Å². The van der Waals surface area contributed by atoms with Crippen LogP contribution >= 0.6 is 0 Å². The van der Waals surface area contributed by atoms with Crippen LogP contribution in [0.25, 0.3) is 0 Å². The third-order valence-electron chi connectivity index (χ3n) is 3.44. The van der Waals surface area contributed by atoms with Crippen LogP contribution in [0.15, 0.2) is 58.3 Å². The Morgan fingerprint density at radius 3 is 2.04 bits per heavy atom. The van der Waals surface area contributed by atoms with Crippen LogP contribution in [0.4, 0.5) is 5.69 Å². The zero-order valence-corrected chi connectivity index (χ0v) is 15.6. The molecule has 9 heteroatoms. The first-order chi connectivity index (χ1) is 11.5. The van der Waals surface area contributed by atoms with Crippen molar-refractivity contribution in [3.63, 3.8) is 0 Å². The average Bonchev–Trinajstić information content (AvgIpc) is 2.55. The zero-order chi connectivity index (χ0) is 18.8. The van der Waals surface area contributed by atoms with E-state index in [0.717, 1.165) is 4.31 Å². The fraction of sp³-hybridized carbons (Fsp3) is 0.188. The van der Waals surface area contributed by atoms with Gasteiger partial charge in [0.15, 0.2) is 5.78 Å². The van der Waals surface area contributed by atoms with E-state index in [1.54, 1.807) is 0 Å². The molecule has 7 nitrogen and oxygen atoms in total. The van der Waals surface area contributed by atoms with Gasteiger partial charge in [0.1, 0.15) is 0 Å². The van der Waals surface area contributed by atoms with Crippen molar-refractivity contribution >= 4 is 31.5 Å². The van der Waals surface area contributed by atoms with E-state index in [2.05, 4.69) is 4.72 Å². The Hall–Kier alpha value is -2.23. The first-order valence-electron chi connectivity index (χ1n) is 7.20. The highest BCUT2D eigenvalue weighted by Gasteiger charge is 2.18. The van der Waals surface area contributed by atoms with E-state index in [9.17, 15) is 21.6 Å². The van der Waals surface area contributed by atoms with Gasteiger partial charge in [0, 0.05) is 25.3 Å². The Labute approximate surface area is 147 Å². The molecular weight excluding hydrogens is 364 g/mol. The Morgan fingerprint density at radius 1 is 0.920 bits per heavy atom. The Morgan fingerprint density at radius 2 is 1.52 bits per heavy atom. The highest BCUT2D eigenvalue weighted by molar-refractivity contribution is 7.92. The van der Waals surface area contributed by atoms with Crippen LogP contribution in [-0.4, -0.2) is 41.0 Å². The first-order valence-corrected chi connectivity index (χ1v) is 10.1. The van der Waals surface area contributed by atoms with Crippen LogP contribution in [0.1, 0.15) is 17.3 Å². The number of anilines is 1. The molecule has 25 heavy (non-hydrogen) atoms. The second-order valence-electron chi connectivity index (χ2n) is 5.50. The average molecular weight is 382 g/mol. The van der Waals surface area contributed by atoms with Gasteiger partial charge in [-0.25, -0.2) is 21.1 Å². The first kappa shape index (κ1) is 19.1. The number of carbonyl (C=O) groups excluding carboxylic acids is 1. The maximum Gasteiger partial charge on any atom is 0.261 e. The molecule has 0 aliphatic carbocycles. The highest BCUT2D eigenvalue weighted by Crippen LogP contribution is 2.20. The Balaban J connectivity index is 2.30. The van der Waals surface area contributed by atoms with Gasteiger partial charge in [0.2, 0.25) is 10.0 Å². The summed E-state index contributed by atoms with van der Waals surface area (Å²) < 4.78 is 52.3. The van der Waals surface area contributed by atoms with Crippen molar-refractivity contribution in [2.24, 2.45) is 0 Å². The molecule has 2 aromatic carbocycles. The summed E-state index contributed by atoms with van der Waals surface area (Å²) in [7, 11) is -4.66. The monoisotopic (exact) mass is 382 g/mol. The van der Waals surface area contributed by atoms with E-state index >= 15 is 0 Å². The van der Waals surface area contributed by atoms with Crippen LogP contribution < -0.4 is 4.72 Å². The van der Waals surface area contributed by atoms with Gasteiger partial charge in [0.25, 0.3) is 10.0 Å². The Kier molecular flexibility index (Phi) is 5.31. The molecule has 0 heterocycles. The number of nitrogens with one attached hydrogen (secondary N) is 1. The van der Waals surface area contributed by atoms with E-state index in [1.165, 1.54) is 69.6 Å². The molecule has 134 valence electrons. The van der Waals surface area contributed by atoms with Crippen LogP contribution in [0.5, 0.6) is 0 Å². The molecule has 2 rings (SSSR count). The predicted octanol–water partition coefficient (Wildman–Crippen LogP) is 1.94. The second kappa shape index (κ2) is 6.95. The smallest absolute Gasteiger partial charge is 0.261 e. The lowest BCUT2D eigenvalue weighted by molar-refractivity contribution is 0.101. The normalized spacial score (nSPS) is 12.2. The largest absolute Gasteiger partial charge is 0.295 e. The van der Waals surface area contributed by atoms with E-state index in [1.807, 2.05) is 0 Å². The molecule has 0 aliphatic rings. The molecule has 0 atom stereocenters. The van der Waals surface area contributed by atoms with Crippen LogP contribution in [0, 0.1) is 0 Å². The van der Waals surface area contributed by atoms with E-state index in [4.69, 9.17) is 0 Å². The summed E-state index contributed by atoms with van der Waals surface area (Å²) in [6, 6.07) is 11.0. The number of hydrogen-bond acceptors (Lipinski definition) is 5. The van der Waals surface area contributed by atoms with Crippen molar-refractivity contribution in [2.75, 3.05) is 18.8 Å². The van der Waals surface area contributed by atoms with Crippen molar-refractivity contribution in [3.8, 4) is 0 Å². The number of carbonyl (C=O) groups is 1. The van der Waals surface area contributed by atoms with Crippen LogP contribution in [-0.2, 0) is 20.0 Å². The van der Waals surface area contributed by atoms with E-state index < -0.39 is 20.0 Å². The molecule has 0 fully saturated rings. The van der Waals surface area contributed by atoms with Gasteiger partial charge in [-0.1, -0.05) is 12.1 Å². The van der Waals surface area contributed by atoms with Gasteiger partial charge in [-0.05, 0) is 43.3 Å². The molecule has 0 spiro atoms. The number of ketones is 1. The summed E-state index contributed by atoms with van der Waals surface area (Å²) in [5.74, 6) is -0.240. The number of Topliss-reactive ketones (excluding diaryl/α,β-unsaturated/α-hetero) is 1. The van der Waals surface area contributed by atoms with Crippen molar-refractivity contribution in [2.45, 2.75) is 16.7 Å². The number of benzene rings is 2. The third kappa shape index (κ3) is 4.25. The molecule has 0 amide bonds. The summed E-state index contributed by atoms with van der Waals surface area (Å²) in [5, 5.41) is 0. The standard InChI is InChI=1S/C16H18N2O5S2/c1-12(19)13-5-4-6-16(11-13)24(20,21)17-14-7-9-15(10-8-14)25(22,23)18(2)3/h4-11,17H,1-3H3. The van der Waals surface area contributed by atoms with Gasteiger partial charge in [-0.2, -0.15) is 0 Å². The lowest BCUT2D eigenvalue weighted by atomic mass is 10.2. The SMILES string of the molecule is CC(=O)c1cccc(S(=O)(=O)Nc2ccc(S(=O)(=O)N(C)C)cc2)c1. The molecule has 2 aromatic rings. The molecule has 0 radical (unpaired) electrons. The summed E-state index contributed by atoms with van der Waals surface area (Å²) >= 11 is 0. The van der Waals surface area contributed by atoms with Crippen molar-refractivity contribution < 1.29 is 21.6 Å². The molecule has 1 N–H and O–H groups in total. The van der Waals surface area contributed by atoms with Crippen molar-refractivity contribution in [3.05, 3.63) is 54.1 Å². The second-order valence-corrected chi connectivity index (χ2v) is 9.34. The number of sulfonamides is 2. The zero-order valence-electron chi connectivity index (χ0n) is 13.9. The minimum absolute atomic E-state index is 0.0508. The number of nitrogens with zero attached hydrogens (tertiary/aromatic N) is 1. The van der Waals surface area contributed by atoms with Crippen LogP contribution in [0.3, 0.4) is 0 Å². The summed E-state index contributed by atoms with van der Waals surface area (Å²) in [6.07, 6.45) is 0. The van der Waals surface area contributed by atoms with E-state index in [-0.39, 0.29) is 26.8 Å². The molecule has 0 aliphatic heterocycles. The molecular formula is C16H18N2O5S2. The summed E-state index contributed by atoms with van der Waals surface area (Å²) in [5.41, 5.74) is 0.501. The fourth-order valence-corrected chi connectivity index (χ4v) is 4.01. The molecule has 0 aromatic heterocycles. The Bertz CT molecular complexity index is 995. The minimum atomic E-state index is -3.90. The maximum absolute atomic E-state index is 12.4. The fourth-order valence-electron chi connectivity index (χ4n) is 2.00. The molecule has 0 saturated heterocycles. The van der Waals surface area contributed by atoms with Crippen molar-refractivity contribution in [1.82, 2.24) is 4.31 Å². The third-order valence-corrected chi connectivity index (χ3v) is 6.64. The maximum atomic E-state index is 12.4. The van der Waals surface area contributed by atoms with Gasteiger partial charge >= 0.3 is 0 Å². The molecule has 0 unspecified atom stereocenters. The molecule has 0 bridgehead atoms. The number of hydrogen-bond donors (Lipinski definition) is 1. The lowest BCUT2D eigenvalue weighted by Gasteiger charge is -2.12. The molecule has 0 saturated carbocycles. The summed E-state index contributed by atoms with van der Waals surface area (Å²) in [4.78, 5) is 11.4. The van der Waals surface area contributed by atoms with Gasteiger partial charge in [-0.15, -0.1) is 0 Å².